The zero-order valence-corrected chi connectivity index (χ0v) is 11.8. The SMILES string of the molecule is CCCNS(=O)(=O)c1ccc(S(=O)(=O)NC)cc1. The van der Waals surface area contributed by atoms with Gasteiger partial charge in [-0.1, -0.05) is 6.92 Å². The van der Waals surface area contributed by atoms with Gasteiger partial charge in [-0.25, -0.2) is 26.3 Å². The van der Waals surface area contributed by atoms with Crippen molar-refractivity contribution in [3.63, 3.8) is 0 Å². The van der Waals surface area contributed by atoms with Gasteiger partial charge in [-0.05, 0) is 37.7 Å². The molecule has 0 saturated carbocycles. The monoisotopic (exact) mass is 292 g/mol. The fraction of sp³-hybridized carbons (Fsp3) is 0.400. The largest absolute Gasteiger partial charge is 0.240 e. The summed E-state index contributed by atoms with van der Waals surface area (Å²) in [4.78, 5) is 0.0745. The number of hydrogen-bond donors (Lipinski definition) is 2. The maximum atomic E-state index is 11.7. The molecule has 0 atom stereocenters. The van der Waals surface area contributed by atoms with Crippen LogP contribution >= 0.6 is 0 Å². The molecule has 0 bridgehead atoms. The van der Waals surface area contributed by atoms with E-state index in [9.17, 15) is 16.8 Å². The van der Waals surface area contributed by atoms with Crippen LogP contribution in [0.3, 0.4) is 0 Å². The lowest BCUT2D eigenvalue weighted by atomic mass is 10.4. The van der Waals surface area contributed by atoms with E-state index in [2.05, 4.69) is 9.44 Å². The summed E-state index contributed by atoms with van der Waals surface area (Å²) in [7, 11) is -5.80. The topological polar surface area (TPSA) is 92.3 Å². The van der Waals surface area contributed by atoms with E-state index in [1.54, 1.807) is 0 Å². The summed E-state index contributed by atoms with van der Waals surface area (Å²) < 4.78 is 51.0. The Balaban J connectivity index is 3.04. The Morgan fingerprint density at radius 2 is 1.39 bits per heavy atom. The van der Waals surface area contributed by atoms with Crippen LogP contribution in [0.15, 0.2) is 34.1 Å². The van der Waals surface area contributed by atoms with Gasteiger partial charge in [-0.3, -0.25) is 0 Å². The van der Waals surface area contributed by atoms with Gasteiger partial charge in [0, 0.05) is 6.54 Å². The molecule has 0 aliphatic carbocycles. The molecule has 0 aliphatic rings. The first-order valence-electron chi connectivity index (χ1n) is 5.37. The van der Waals surface area contributed by atoms with Gasteiger partial charge >= 0.3 is 0 Å². The van der Waals surface area contributed by atoms with Crippen LogP contribution in [0.2, 0.25) is 0 Å². The third-order valence-corrected chi connectivity index (χ3v) is 5.16. The molecule has 0 fully saturated rings. The Labute approximate surface area is 108 Å². The number of benzene rings is 1. The lowest BCUT2D eigenvalue weighted by Crippen LogP contribution is -2.24. The van der Waals surface area contributed by atoms with Crippen LogP contribution in [-0.2, 0) is 20.0 Å². The summed E-state index contributed by atoms with van der Waals surface area (Å²) >= 11 is 0. The lowest BCUT2D eigenvalue weighted by Gasteiger charge is -2.07. The molecule has 0 unspecified atom stereocenters. The van der Waals surface area contributed by atoms with E-state index in [0.29, 0.717) is 13.0 Å². The predicted octanol–water partition coefficient (Wildman–Crippen LogP) is 0.283. The molecule has 0 radical (unpaired) electrons. The van der Waals surface area contributed by atoms with E-state index < -0.39 is 20.0 Å². The maximum Gasteiger partial charge on any atom is 0.240 e. The molecular weight excluding hydrogens is 276 g/mol. The minimum absolute atomic E-state index is 0.0273. The van der Waals surface area contributed by atoms with Crippen molar-refractivity contribution >= 4 is 20.0 Å². The molecule has 0 aliphatic heterocycles. The van der Waals surface area contributed by atoms with Crippen LogP contribution in [0.4, 0.5) is 0 Å². The second-order valence-corrected chi connectivity index (χ2v) is 7.23. The summed E-state index contributed by atoms with van der Waals surface area (Å²) in [6, 6.07) is 5.04. The van der Waals surface area contributed by atoms with Crippen molar-refractivity contribution in [3.05, 3.63) is 24.3 Å². The van der Waals surface area contributed by atoms with Crippen molar-refractivity contribution in [2.75, 3.05) is 13.6 Å². The van der Waals surface area contributed by atoms with E-state index in [1.165, 1.54) is 31.3 Å². The van der Waals surface area contributed by atoms with Gasteiger partial charge in [0.15, 0.2) is 0 Å². The molecule has 1 aromatic rings. The Hall–Kier alpha value is -0.960. The number of rotatable bonds is 6. The van der Waals surface area contributed by atoms with Gasteiger partial charge in [-0.15, -0.1) is 0 Å². The Morgan fingerprint density at radius 3 is 1.78 bits per heavy atom. The summed E-state index contributed by atoms with van der Waals surface area (Å²) in [5, 5.41) is 0. The summed E-state index contributed by atoms with van der Waals surface area (Å²) in [5.74, 6) is 0. The normalized spacial score (nSPS) is 12.6. The molecule has 18 heavy (non-hydrogen) atoms. The highest BCUT2D eigenvalue weighted by molar-refractivity contribution is 7.90. The molecule has 0 aromatic heterocycles. The van der Waals surface area contributed by atoms with Crippen LogP contribution in [0.25, 0.3) is 0 Å². The molecule has 1 rings (SSSR count). The zero-order valence-electron chi connectivity index (χ0n) is 10.2. The Kier molecular flexibility index (Phi) is 4.85. The van der Waals surface area contributed by atoms with E-state index in [0.717, 1.165) is 0 Å². The van der Waals surface area contributed by atoms with Crippen molar-refractivity contribution in [2.45, 2.75) is 23.1 Å². The van der Waals surface area contributed by atoms with Crippen molar-refractivity contribution < 1.29 is 16.8 Å². The molecule has 6 nitrogen and oxygen atoms in total. The highest BCUT2D eigenvalue weighted by Crippen LogP contribution is 2.13. The molecule has 0 heterocycles. The van der Waals surface area contributed by atoms with E-state index in [4.69, 9.17) is 0 Å². The third kappa shape index (κ3) is 3.52. The Morgan fingerprint density at radius 1 is 0.944 bits per heavy atom. The Bertz CT molecular complexity index is 591. The van der Waals surface area contributed by atoms with Crippen LogP contribution < -0.4 is 9.44 Å². The van der Waals surface area contributed by atoms with Crippen LogP contribution in [0.5, 0.6) is 0 Å². The van der Waals surface area contributed by atoms with Crippen LogP contribution in [0.1, 0.15) is 13.3 Å². The van der Waals surface area contributed by atoms with Gasteiger partial charge in [0.05, 0.1) is 9.79 Å². The molecule has 1 aromatic carbocycles. The lowest BCUT2D eigenvalue weighted by molar-refractivity contribution is 0.579. The molecule has 0 spiro atoms. The molecule has 0 amide bonds. The average Bonchev–Trinajstić information content (AvgIpc) is 2.36. The smallest absolute Gasteiger partial charge is 0.214 e. The van der Waals surface area contributed by atoms with E-state index in [-0.39, 0.29) is 9.79 Å². The van der Waals surface area contributed by atoms with Crippen molar-refractivity contribution in [2.24, 2.45) is 0 Å². The van der Waals surface area contributed by atoms with Crippen LogP contribution in [-0.4, -0.2) is 30.4 Å². The van der Waals surface area contributed by atoms with Crippen LogP contribution in [0, 0.1) is 0 Å². The first kappa shape index (κ1) is 15.1. The third-order valence-electron chi connectivity index (χ3n) is 2.26. The summed E-state index contributed by atoms with van der Waals surface area (Å²) in [6.45, 7) is 2.20. The highest BCUT2D eigenvalue weighted by Gasteiger charge is 2.15. The number of hydrogen-bond acceptors (Lipinski definition) is 4. The van der Waals surface area contributed by atoms with Crippen molar-refractivity contribution in [1.82, 2.24) is 9.44 Å². The minimum atomic E-state index is -3.56. The summed E-state index contributed by atoms with van der Waals surface area (Å²) in [6.07, 6.45) is 0.686. The van der Waals surface area contributed by atoms with Gasteiger partial charge < -0.3 is 0 Å². The average molecular weight is 292 g/mol. The van der Waals surface area contributed by atoms with E-state index >= 15 is 0 Å². The van der Waals surface area contributed by atoms with Gasteiger partial charge in [0.2, 0.25) is 20.0 Å². The molecule has 2 N–H and O–H groups in total. The standard InChI is InChI=1S/C10H16N2O4S2/c1-3-8-12-18(15,16)10-6-4-9(5-7-10)17(13,14)11-2/h4-7,11-12H,3,8H2,1-2H3. The quantitative estimate of drug-likeness (QED) is 0.788. The molecule has 0 saturated heterocycles. The van der Waals surface area contributed by atoms with Gasteiger partial charge in [0.25, 0.3) is 0 Å². The first-order valence-corrected chi connectivity index (χ1v) is 8.33. The fourth-order valence-corrected chi connectivity index (χ4v) is 3.10. The highest BCUT2D eigenvalue weighted by atomic mass is 32.2. The number of nitrogens with one attached hydrogen (secondary N) is 2. The maximum absolute atomic E-state index is 11.7. The van der Waals surface area contributed by atoms with Crippen molar-refractivity contribution in [3.8, 4) is 0 Å². The molecular formula is C10H16N2O4S2. The second-order valence-electron chi connectivity index (χ2n) is 3.58. The predicted molar refractivity (Wildman–Crippen MR) is 68.2 cm³/mol. The van der Waals surface area contributed by atoms with Gasteiger partial charge in [-0.2, -0.15) is 0 Å². The molecule has 102 valence electrons. The molecule has 8 heteroatoms. The zero-order chi connectivity index (χ0) is 13.8. The minimum Gasteiger partial charge on any atom is -0.214 e. The van der Waals surface area contributed by atoms with E-state index in [1.807, 2.05) is 6.92 Å². The van der Waals surface area contributed by atoms with Gasteiger partial charge in [0.1, 0.15) is 0 Å². The first-order chi connectivity index (χ1) is 8.33. The summed E-state index contributed by atoms with van der Waals surface area (Å²) in [5.41, 5.74) is 0. The number of sulfonamides is 2. The van der Waals surface area contributed by atoms with Crippen molar-refractivity contribution in [1.29, 1.82) is 0 Å². The second kappa shape index (κ2) is 5.79. The fourth-order valence-electron chi connectivity index (χ4n) is 1.24.